The van der Waals surface area contributed by atoms with Crippen LogP contribution in [0.1, 0.15) is 40.5 Å². The third kappa shape index (κ3) is 2.09. The van der Waals surface area contributed by atoms with Gasteiger partial charge in [0, 0.05) is 0 Å². The van der Waals surface area contributed by atoms with Crippen LogP contribution in [0.3, 0.4) is 0 Å². The Morgan fingerprint density at radius 1 is 1.40 bits per heavy atom. The van der Waals surface area contributed by atoms with E-state index in [-0.39, 0.29) is 22.9 Å². The van der Waals surface area contributed by atoms with Crippen molar-refractivity contribution < 1.29 is 9.53 Å². The molecular formula is C13H20O2. The van der Waals surface area contributed by atoms with Crippen molar-refractivity contribution in [1.29, 1.82) is 0 Å². The Labute approximate surface area is 91.7 Å². The lowest BCUT2D eigenvalue weighted by molar-refractivity contribution is -0.161. The maximum absolute atomic E-state index is 11.9. The molecule has 1 saturated carbocycles. The number of fused-ring (bicyclic) bond motifs is 2. The van der Waals surface area contributed by atoms with Gasteiger partial charge in [0.1, 0.15) is 5.60 Å². The lowest BCUT2D eigenvalue weighted by Crippen LogP contribution is -2.30. The van der Waals surface area contributed by atoms with Crippen molar-refractivity contribution in [3.05, 3.63) is 12.2 Å². The number of rotatable bonds is 1. The molecule has 0 aliphatic heterocycles. The Kier molecular flexibility index (Phi) is 2.21. The maximum atomic E-state index is 11.9. The van der Waals surface area contributed by atoms with Gasteiger partial charge in [0.15, 0.2) is 0 Å². The molecule has 84 valence electrons. The highest BCUT2D eigenvalue weighted by Crippen LogP contribution is 2.52. The summed E-state index contributed by atoms with van der Waals surface area (Å²) in [5.74, 6) is 0.504. The summed E-state index contributed by atoms with van der Waals surface area (Å²) in [5.41, 5.74) is -0.101. The van der Waals surface area contributed by atoms with Gasteiger partial charge in [-0.15, -0.1) is 0 Å². The third-order valence-corrected chi connectivity index (χ3v) is 3.36. The average molecular weight is 208 g/mol. The van der Waals surface area contributed by atoms with Crippen LogP contribution in [0.5, 0.6) is 0 Å². The van der Waals surface area contributed by atoms with Gasteiger partial charge in [-0.25, -0.2) is 0 Å². The predicted octanol–water partition coefficient (Wildman–Crippen LogP) is 2.93. The lowest BCUT2D eigenvalue weighted by Gasteiger charge is -2.25. The molecule has 0 amide bonds. The first kappa shape index (κ1) is 10.7. The highest BCUT2D eigenvalue weighted by Gasteiger charge is 2.48. The van der Waals surface area contributed by atoms with Gasteiger partial charge in [-0.3, -0.25) is 4.79 Å². The molecule has 0 aromatic heterocycles. The number of allylic oxidation sites excluding steroid dienone is 2. The van der Waals surface area contributed by atoms with Crippen molar-refractivity contribution in [2.45, 2.75) is 46.1 Å². The zero-order chi connectivity index (χ0) is 11.3. The molecule has 3 atom stereocenters. The average Bonchev–Trinajstić information content (AvgIpc) is 2.55. The molecule has 2 nitrogen and oxygen atoms in total. The SMILES string of the molecule is CC12C=CC(C1)C(C(=O)OC(C)(C)C)C2. The molecule has 15 heavy (non-hydrogen) atoms. The Morgan fingerprint density at radius 3 is 2.47 bits per heavy atom. The van der Waals surface area contributed by atoms with Crippen molar-refractivity contribution >= 4 is 5.97 Å². The molecule has 2 heteroatoms. The maximum Gasteiger partial charge on any atom is 0.310 e. The monoisotopic (exact) mass is 208 g/mol. The largest absolute Gasteiger partial charge is 0.460 e. The van der Waals surface area contributed by atoms with Crippen molar-refractivity contribution in [1.82, 2.24) is 0 Å². The number of carbonyl (C=O) groups excluding carboxylic acids is 1. The minimum Gasteiger partial charge on any atom is -0.460 e. The quantitative estimate of drug-likeness (QED) is 0.489. The summed E-state index contributed by atoms with van der Waals surface area (Å²) in [6, 6.07) is 0. The van der Waals surface area contributed by atoms with Crippen molar-refractivity contribution in [3.63, 3.8) is 0 Å². The number of carbonyl (C=O) groups is 1. The molecule has 2 bridgehead atoms. The molecule has 1 fully saturated rings. The molecule has 0 radical (unpaired) electrons. The van der Waals surface area contributed by atoms with E-state index in [0.29, 0.717) is 5.92 Å². The number of hydrogen-bond acceptors (Lipinski definition) is 2. The Morgan fingerprint density at radius 2 is 2.07 bits per heavy atom. The molecule has 2 aliphatic rings. The summed E-state index contributed by atoms with van der Waals surface area (Å²) in [6.07, 6.45) is 6.54. The van der Waals surface area contributed by atoms with Crippen LogP contribution in [0.25, 0.3) is 0 Å². The predicted molar refractivity (Wildman–Crippen MR) is 59.3 cm³/mol. The first-order chi connectivity index (χ1) is 6.79. The van der Waals surface area contributed by atoms with Crippen LogP contribution < -0.4 is 0 Å². The molecule has 3 unspecified atom stereocenters. The van der Waals surface area contributed by atoms with E-state index in [4.69, 9.17) is 4.74 Å². The minimum atomic E-state index is -0.358. The summed E-state index contributed by atoms with van der Waals surface area (Å²) >= 11 is 0. The van der Waals surface area contributed by atoms with Gasteiger partial charge in [0.2, 0.25) is 0 Å². The van der Waals surface area contributed by atoms with E-state index < -0.39 is 0 Å². The van der Waals surface area contributed by atoms with Crippen LogP contribution in [0.4, 0.5) is 0 Å². The Balaban J connectivity index is 2.03. The highest BCUT2D eigenvalue weighted by molar-refractivity contribution is 5.74. The van der Waals surface area contributed by atoms with Gasteiger partial charge in [-0.2, -0.15) is 0 Å². The summed E-state index contributed by atoms with van der Waals surface area (Å²) < 4.78 is 5.45. The van der Waals surface area contributed by atoms with Gasteiger partial charge in [0.25, 0.3) is 0 Å². The summed E-state index contributed by atoms with van der Waals surface area (Å²) in [6.45, 7) is 8.01. The smallest absolute Gasteiger partial charge is 0.310 e. The normalized spacial score (nSPS) is 38.4. The van der Waals surface area contributed by atoms with E-state index in [1.807, 2.05) is 20.8 Å². The molecule has 0 heterocycles. The van der Waals surface area contributed by atoms with Crippen molar-refractivity contribution in [2.24, 2.45) is 17.3 Å². The van der Waals surface area contributed by atoms with Gasteiger partial charge >= 0.3 is 5.97 Å². The minimum absolute atomic E-state index is 0.0134. The zero-order valence-corrected chi connectivity index (χ0v) is 10.0. The summed E-state index contributed by atoms with van der Waals surface area (Å²) in [4.78, 5) is 11.9. The fourth-order valence-corrected chi connectivity index (χ4v) is 2.75. The second-order valence-electron chi connectivity index (χ2n) is 6.23. The van der Waals surface area contributed by atoms with Crippen molar-refractivity contribution in [2.75, 3.05) is 0 Å². The van der Waals surface area contributed by atoms with Crippen LogP contribution in [-0.4, -0.2) is 11.6 Å². The van der Waals surface area contributed by atoms with Crippen LogP contribution in [0.2, 0.25) is 0 Å². The summed E-state index contributed by atoms with van der Waals surface area (Å²) in [5, 5.41) is 0. The Bertz CT molecular complexity index is 311. The molecule has 2 aliphatic carbocycles. The second kappa shape index (κ2) is 3.10. The lowest BCUT2D eigenvalue weighted by atomic mass is 9.86. The number of ether oxygens (including phenoxy) is 1. The van der Waals surface area contributed by atoms with E-state index >= 15 is 0 Å². The fourth-order valence-electron chi connectivity index (χ4n) is 2.75. The molecule has 0 aromatic carbocycles. The zero-order valence-electron chi connectivity index (χ0n) is 10.0. The van der Waals surface area contributed by atoms with Crippen LogP contribution in [0, 0.1) is 17.3 Å². The van der Waals surface area contributed by atoms with Gasteiger partial charge < -0.3 is 4.74 Å². The van der Waals surface area contributed by atoms with E-state index in [1.165, 1.54) is 0 Å². The third-order valence-electron chi connectivity index (χ3n) is 3.36. The molecule has 0 saturated heterocycles. The molecule has 2 rings (SSSR count). The topological polar surface area (TPSA) is 26.3 Å². The Hall–Kier alpha value is -0.790. The van der Waals surface area contributed by atoms with E-state index in [1.54, 1.807) is 0 Å². The molecule has 0 N–H and O–H groups in total. The van der Waals surface area contributed by atoms with Gasteiger partial charge in [0.05, 0.1) is 5.92 Å². The first-order valence-electron chi connectivity index (χ1n) is 5.71. The van der Waals surface area contributed by atoms with E-state index in [0.717, 1.165) is 12.8 Å². The van der Waals surface area contributed by atoms with Crippen LogP contribution >= 0.6 is 0 Å². The van der Waals surface area contributed by atoms with Crippen LogP contribution in [-0.2, 0) is 9.53 Å². The standard InChI is InChI=1S/C13H20O2/c1-12(2,3)15-11(14)10-8-13(4)6-5-9(10)7-13/h5-6,9-10H,7-8H2,1-4H3. The summed E-state index contributed by atoms with van der Waals surface area (Å²) in [7, 11) is 0. The fraction of sp³-hybridized carbons (Fsp3) is 0.769. The van der Waals surface area contributed by atoms with Crippen molar-refractivity contribution in [3.8, 4) is 0 Å². The van der Waals surface area contributed by atoms with E-state index in [9.17, 15) is 4.79 Å². The molecule has 0 spiro atoms. The number of hydrogen-bond donors (Lipinski definition) is 0. The van der Waals surface area contributed by atoms with Gasteiger partial charge in [-0.1, -0.05) is 19.1 Å². The first-order valence-corrected chi connectivity index (χ1v) is 5.71. The van der Waals surface area contributed by atoms with E-state index in [2.05, 4.69) is 19.1 Å². The van der Waals surface area contributed by atoms with Gasteiger partial charge in [-0.05, 0) is 44.9 Å². The van der Waals surface area contributed by atoms with Crippen LogP contribution in [0.15, 0.2) is 12.2 Å². The highest BCUT2D eigenvalue weighted by atomic mass is 16.6. The molecule has 0 aromatic rings. The second-order valence-corrected chi connectivity index (χ2v) is 6.23. The number of esters is 1. The molecular weight excluding hydrogens is 188 g/mol.